The number of rotatable bonds is 6. The van der Waals surface area contributed by atoms with Crippen LogP contribution in [0.4, 0.5) is 11.4 Å². The SMILES string of the molecule is COc1cc(NCC(C)(C)c2cccs2)ccc1[N+](=O)[O-]. The normalized spacial score (nSPS) is 11.2. The number of hydrogen-bond acceptors (Lipinski definition) is 5. The highest BCUT2D eigenvalue weighted by Gasteiger charge is 2.22. The van der Waals surface area contributed by atoms with Crippen LogP contribution in [-0.4, -0.2) is 18.6 Å². The van der Waals surface area contributed by atoms with E-state index >= 15 is 0 Å². The number of nitrogens with one attached hydrogen (secondary N) is 1. The van der Waals surface area contributed by atoms with Gasteiger partial charge in [-0.1, -0.05) is 19.9 Å². The average Bonchev–Trinajstić information content (AvgIpc) is 2.99. The Morgan fingerprint density at radius 1 is 1.38 bits per heavy atom. The molecule has 1 aromatic carbocycles. The number of ether oxygens (including phenoxy) is 1. The predicted molar refractivity (Wildman–Crippen MR) is 85.5 cm³/mol. The van der Waals surface area contributed by atoms with Crippen molar-refractivity contribution in [3.8, 4) is 5.75 Å². The Labute approximate surface area is 127 Å². The third-order valence-corrected chi connectivity index (χ3v) is 4.53. The highest BCUT2D eigenvalue weighted by molar-refractivity contribution is 7.10. The molecule has 2 rings (SSSR count). The second-order valence-electron chi connectivity index (χ2n) is 5.36. The fraction of sp³-hybridized carbons (Fsp3) is 0.333. The highest BCUT2D eigenvalue weighted by atomic mass is 32.1. The molecule has 0 aliphatic rings. The van der Waals surface area contributed by atoms with E-state index < -0.39 is 4.92 Å². The average molecular weight is 306 g/mol. The van der Waals surface area contributed by atoms with E-state index in [0.29, 0.717) is 0 Å². The minimum absolute atomic E-state index is 0.0107. The molecular formula is C15H18N2O3S. The van der Waals surface area contributed by atoms with E-state index in [1.54, 1.807) is 23.5 Å². The standard InChI is InChI=1S/C15H18N2O3S/c1-15(2,14-5-4-8-21-14)10-16-11-6-7-12(17(18)19)13(9-11)20-3/h4-9,16H,10H2,1-3H3. The molecule has 0 saturated carbocycles. The summed E-state index contributed by atoms with van der Waals surface area (Å²) in [5.41, 5.74) is 0.769. The number of thiophene rings is 1. The lowest BCUT2D eigenvalue weighted by Gasteiger charge is -2.24. The number of benzene rings is 1. The lowest BCUT2D eigenvalue weighted by molar-refractivity contribution is -0.385. The summed E-state index contributed by atoms with van der Waals surface area (Å²) in [6, 6.07) is 8.96. The van der Waals surface area contributed by atoms with Crippen LogP contribution in [0.25, 0.3) is 0 Å². The third-order valence-electron chi connectivity index (χ3n) is 3.30. The number of anilines is 1. The predicted octanol–water partition coefficient (Wildman–Crippen LogP) is 4.05. The van der Waals surface area contributed by atoms with Crippen molar-refractivity contribution in [2.24, 2.45) is 0 Å². The summed E-state index contributed by atoms with van der Waals surface area (Å²) in [4.78, 5) is 11.7. The van der Waals surface area contributed by atoms with Gasteiger partial charge in [-0.15, -0.1) is 11.3 Å². The van der Waals surface area contributed by atoms with Gasteiger partial charge in [0, 0.05) is 34.7 Å². The van der Waals surface area contributed by atoms with Crippen LogP contribution >= 0.6 is 11.3 Å². The van der Waals surface area contributed by atoms with Crippen molar-refractivity contribution in [2.75, 3.05) is 19.0 Å². The van der Waals surface area contributed by atoms with Crippen molar-refractivity contribution < 1.29 is 9.66 Å². The van der Waals surface area contributed by atoms with Gasteiger partial charge in [0.2, 0.25) is 0 Å². The monoisotopic (exact) mass is 306 g/mol. The Morgan fingerprint density at radius 3 is 2.71 bits per heavy atom. The van der Waals surface area contributed by atoms with Gasteiger partial charge in [-0.25, -0.2) is 0 Å². The maximum absolute atomic E-state index is 10.9. The van der Waals surface area contributed by atoms with E-state index in [4.69, 9.17) is 4.74 Å². The van der Waals surface area contributed by atoms with Crippen LogP contribution in [0.5, 0.6) is 5.75 Å². The number of methoxy groups -OCH3 is 1. The number of nitro groups is 1. The second-order valence-corrected chi connectivity index (χ2v) is 6.31. The maximum atomic E-state index is 10.9. The van der Waals surface area contributed by atoms with Gasteiger partial charge in [-0.05, 0) is 17.5 Å². The van der Waals surface area contributed by atoms with E-state index in [2.05, 4.69) is 30.6 Å². The molecule has 2 aromatic rings. The van der Waals surface area contributed by atoms with Crippen LogP contribution in [0.2, 0.25) is 0 Å². The molecule has 0 aliphatic heterocycles. The Kier molecular flexibility index (Phi) is 4.47. The van der Waals surface area contributed by atoms with Crippen LogP contribution < -0.4 is 10.1 Å². The fourth-order valence-electron chi connectivity index (χ4n) is 2.01. The Morgan fingerprint density at radius 2 is 2.14 bits per heavy atom. The van der Waals surface area contributed by atoms with Gasteiger partial charge in [0.1, 0.15) is 0 Å². The molecule has 21 heavy (non-hydrogen) atoms. The molecule has 0 amide bonds. The van der Waals surface area contributed by atoms with E-state index in [1.165, 1.54) is 18.1 Å². The van der Waals surface area contributed by atoms with Gasteiger partial charge in [0.25, 0.3) is 0 Å². The van der Waals surface area contributed by atoms with Crippen LogP contribution in [0.3, 0.4) is 0 Å². The van der Waals surface area contributed by atoms with Gasteiger partial charge >= 0.3 is 5.69 Å². The molecule has 0 radical (unpaired) electrons. The summed E-state index contributed by atoms with van der Waals surface area (Å²) in [7, 11) is 1.43. The van der Waals surface area contributed by atoms with Crippen molar-refractivity contribution >= 4 is 22.7 Å². The molecular weight excluding hydrogens is 288 g/mol. The molecule has 0 unspecified atom stereocenters. The summed E-state index contributed by atoms with van der Waals surface area (Å²) in [6.45, 7) is 5.05. The Balaban J connectivity index is 2.12. The number of nitro benzene ring substituents is 1. The minimum atomic E-state index is -0.446. The first-order chi connectivity index (χ1) is 9.94. The lowest BCUT2D eigenvalue weighted by atomic mass is 9.91. The van der Waals surface area contributed by atoms with Crippen molar-refractivity contribution in [3.05, 3.63) is 50.7 Å². The van der Waals surface area contributed by atoms with E-state index in [9.17, 15) is 10.1 Å². The highest BCUT2D eigenvalue weighted by Crippen LogP contribution is 2.31. The van der Waals surface area contributed by atoms with E-state index in [-0.39, 0.29) is 16.9 Å². The van der Waals surface area contributed by atoms with E-state index in [1.807, 2.05) is 6.07 Å². The maximum Gasteiger partial charge on any atom is 0.311 e. The fourth-order valence-corrected chi connectivity index (χ4v) is 2.86. The van der Waals surface area contributed by atoms with Crippen molar-refractivity contribution in [1.82, 2.24) is 0 Å². The topological polar surface area (TPSA) is 64.4 Å². The van der Waals surface area contributed by atoms with Crippen LogP contribution in [-0.2, 0) is 5.41 Å². The van der Waals surface area contributed by atoms with Gasteiger partial charge in [-0.2, -0.15) is 0 Å². The molecule has 0 atom stereocenters. The summed E-state index contributed by atoms with van der Waals surface area (Å²) in [6.07, 6.45) is 0. The summed E-state index contributed by atoms with van der Waals surface area (Å²) in [5.74, 6) is 0.263. The Hall–Kier alpha value is -2.08. The quantitative estimate of drug-likeness (QED) is 0.646. The number of hydrogen-bond donors (Lipinski definition) is 1. The second kappa shape index (κ2) is 6.13. The molecule has 6 heteroatoms. The molecule has 112 valence electrons. The molecule has 0 spiro atoms. The first-order valence-corrected chi connectivity index (χ1v) is 7.42. The smallest absolute Gasteiger partial charge is 0.311 e. The minimum Gasteiger partial charge on any atom is -0.490 e. The zero-order valence-corrected chi connectivity index (χ0v) is 13.1. The lowest BCUT2D eigenvalue weighted by Crippen LogP contribution is -2.26. The van der Waals surface area contributed by atoms with Crippen LogP contribution in [0.1, 0.15) is 18.7 Å². The van der Waals surface area contributed by atoms with Gasteiger partial charge < -0.3 is 10.1 Å². The van der Waals surface area contributed by atoms with E-state index in [0.717, 1.165) is 12.2 Å². The van der Waals surface area contributed by atoms with Crippen LogP contribution in [0.15, 0.2) is 35.7 Å². The molecule has 0 fully saturated rings. The van der Waals surface area contributed by atoms with Crippen molar-refractivity contribution in [1.29, 1.82) is 0 Å². The largest absolute Gasteiger partial charge is 0.490 e. The number of nitrogens with zero attached hydrogens (tertiary/aromatic N) is 1. The summed E-state index contributed by atoms with van der Waals surface area (Å²) in [5, 5.41) is 16.3. The first kappa shape index (κ1) is 15.3. The summed E-state index contributed by atoms with van der Waals surface area (Å²) < 4.78 is 5.07. The van der Waals surface area contributed by atoms with Gasteiger partial charge in [-0.3, -0.25) is 10.1 Å². The molecule has 0 saturated heterocycles. The third kappa shape index (κ3) is 3.52. The molecule has 5 nitrogen and oxygen atoms in total. The zero-order chi connectivity index (χ0) is 15.5. The first-order valence-electron chi connectivity index (χ1n) is 6.54. The zero-order valence-electron chi connectivity index (χ0n) is 12.3. The van der Waals surface area contributed by atoms with Crippen LogP contribution in [0, 0.1) is 10.1 Å². The molecule has 0 aliphatic carbocycles. The molecule has 1 heterocycles. The van der Waals surface area contributed by atoms with Crippen molar-refractivity contribution in [2.45, 2.75) is 19.3 Å². The van der Waals surface area contributed by atoms with Gasteiger partial charge in [0.15, 0.2) is 5.75 Å². The molecule has 1 N–H and O–H groups in total. The Bertz CT molecular complexity index is 624. The van der Waals surface area contributed by atoms with Crippen molar-refractivity contribution in [3.63, 3.8) is 0 Å². The van der Waals surface area contributed by atoms with Gasteiger partial charge in [0.05, 0.1) is 12.0 Å². The molecule has 1 aromatic heterocycles. The summed E-state index contributed by atoms with van der Waals surface area (Å²) >= 11 is 1.73. The molecule has 0 bridgehead atoms.